The molecule has 1 aliphatic rings. The van der Waals surface area contributed by atoms with Gasteiger partial charge in [0.25, 0.3) is 6.01 Å². The molecule has 0 N–H and O–H groups in total. The molecule has 0 aromatic carbocycles. The number of methoxy groups -OCH3 is 1. The van der Waals surface area contributed by atoms with Gasteiger partial charge < -0.3 is 18.8 Å². The largest absolute Gasteiger partial charge is 0.461 e. The van der Waals surface area contributed by atoms with Gasteiger partial charge in [0, 0.05) is 20.2 Å². The third kappa shape index (κ3) is 3.07. The van der Waals surface area contributed by atoms with E-state index in [9.17, 15) is 4.79 Å². The van der Waals surface area contributed by atoms with Crippen LogP contribution in [0.25, 0.3) is 0 Å². The van der Waals surface area contributed by atoms with E-state index in [0.29, 0.717) is 18.5 Å². The van der Waals surface area contributed by atoms with Crippen LogP contribution in [0.2, 0.25) is 0 Å². The summed E-state index contributed by atoms with van der Waals surface area (Å²) in [6, 6.07) is 0.456. The summed E-state index contributed by atoms with van der Waals surface area (Å²) in [5.74, 6) is 0.0620. The molecular formula is C13H20N2O4. The summed E-state index contributed by atoms with van der Waals surface area (Å²) in [5, 5.41) is 0. The normalized spacial score (nSPS) is 23.4. The molecule has 6 heteroatoms. The van der Waals surface area contributed by atoms with E-state index in [0.717, 1.165) is 19.5 Å². The molecule has 1 aliphatic heterocycles. The summed E-state index contributed by atoms with van der Waals surface area (Å²) in [4.78, 5) is 17.7. The predicted octanol–water partition coefficient (Wildman–Crippen LogP) is 1.71. The van der Waals surface area contributed by atoms with Crippen molar-refractivity contribution in [3.8, 4) is 0 Å². The van der Waals surface area contributed by atoms with Crippen molar-refractivity contribution in [3.63, 3.8) is 0 Å². The van der Waals surface area contributed by atoms with Crippen molar-refractivity contribution in [1.29, 1.82) is 0 Å². The summed E-state index contributed by atoms with van der Waals surface area (Å²) < 4.78 is 15.7. The van der Waals surface area contributed by atoms with Gasteiger partial charge in [-0.25, -0.2) is 4.79 Å². The topological polar surface area (TPSA) is 64.8 Å². The second kappa shape index (κ2) is 6.06. The van der Waals surface area contributed by atoms with Gasteiger partial charge in [0.15, 0.2) is 5.69 Å². The van der Waals surface area contributed by atoms with E-state index in [1.807, 2.05) is 4.90 Å². The maximum Gasteiger partial charge on any atom is 0.360 e. The molecule has 1 aromatic rings. The van der Waals surface area contributed by atoms with E-state index in [4.69, 9.17) is 13.9 Å². The zero-order valence-corrected chi connectivity index (χ0v) is 11.6. The zero-order valence-electron chi connectivity index (χ0n) is 11.6. The minimum absolute atomic E-state index is 0.159. The Balaban J connectivity index is 2.04. The van der Waals surface area contributed by atoms with Crippen LogP contribution in [0, 0.1) is 5.92 Å². The first kappa shape index (κ1) is 13.9. The molecule has 2 rings (SSSR count). The van der Waals surface area contributed by atoms with Gasteiger partial charge in [0.1, 0.15) is 6.26 Å². The Bertz CT molecular complexity index is 432. The second-order valence-corrected chi connectivity index (χ2v) is 4.72. The van der Waals surface area contributed by atoms with E-state index >= 15 is 0 Å². The molecule has 0 spiro atoms. The van der Waals surface area contributed by atoms with Crippen LogP contribution in [0.1, 0.15) is 30.8 Å². The lowest BCUT2D eigenvalue weighted by atomic mass is 9.96. The first-order valence-electron chi connectivity index (χ1n) is 6.56. The van der Waals surface area contributed by atoms with Gasteiger partial charge in [-0.2, -0.15) is 4.98 Å². The number of aromatic nitrogens is 1. The average Bonchev–Trinajstić information content (AvgIpc) is 2.89. The van der Waals surface area contributed by atoms with Crippen molar-refractivity contribution < 1.29 is 18.7 Å². The van der Waals surface area contributed by atoms with Gasteiger partial charge in [-0.1, -0.05) is 6.92 Å². The van der Waals surface area contributed by atoms with Crippen molar-refractivity contribution in [2.24, 2.45) is 5.92 Å². The SMILES string of the molecule is CCOC(=O)c1coc(N2CCC(C)C(OC)C2)n1. The van der Waals surface area contributed by atoms with Crippen LogP contribution in [0.5, 0.6) is 0 Å². The summed E-state index contributed by atoms with van der Waals surface area (Å²) in [5.41, 5.74) is 0.212. The Labute approximate surface area is 112 Å². The van der Waals surface area contributed by atoms with Crippen LogP contribution in [0.15, 0.2) is 10.7 Å². The summed E-state index contributed by atoms with van der Waals surface area (Å²) in [6.45, 7) is 5.83. The Morgan fingerprint density at radius 2 is 2.42 bits per heavy atom. The van der Waals surface area contributed by atoms with Gasteiger partial charge in [0.05, 0.1) is 12.7 Å². The fourth-order valence-corrected chi connectivity index (χ4v) is 2.22. The fraction of sp³-hybridized carbons (Fsp3) is 0.692. The van der Waals surface area contributed by atoms with Gasteiger partial charge in [-0.3, -0.25) is 0 Å². The zero-order chi connectivity index (χ0) is 13.8. The Morgan fingerprint density at radius 3 is 3.11 bits per heavy atom. The molecular weight excluding hydrogens is 248 g/mol. The number of ether oxygens (including phenoxy) is 2. The summed E-state index contributed by atoms with van der Waals surface area (Å²) in [7, 11) is 1.71. The lowest BCUT2D eigenvalue weighted by molar-refractivity contribution is 0.0486. The van der Waals surface area contributed by atoms with Crippen LogP contribution >= 0.6 is 0 Å². The predicted molar refractivity (Wildman–Crippen MR) is 69.3 cm³/mol. The van der Waals surface area contributed by atoms with E-state index in [2.05, 4.69) is 11.9 Å². The molecule has 2 unspecified atom stereocenters. The van der Waals surface area contributed by atoms with Crippen molar-refractivity contribution in [1.82, 2.24) is 4.98 Å². The highest BCUT2D eigenvalue weighted by Crippen LogP contribution is 2.24. The highest BCUT2D eigenvalue weighted by Gasteiger charge is 2.29. The number of piperidine rings is 1. The number of hydrogen-bond acceptors (Lipinski definition) is 6. The average molecular weight is 268 g/mol. The maximum atomic E-state index is 11.5. The number of carbonyl (C=O) groups is 1. The molecule has 0 saturated carbocycles. The highest BCUT2D eigenvalue weighted by molar-refractivity contribution is 5.87. The van der Waals surface area contributed by atoms with Gasteiger partial charge in [0.2, 0.25) is 0 Å². The standard InChI is InChI=1S/C13H20N2O4/c1-4-18-12(16)10-8-19-13(14-10)15-6-5-9(2)11(7-15)17-3/h8-9,11H,4-7H2,1-3H3. The summed E-state index contributed by atoms with van der Waals surface area (Å²) >= 11 is 0. The number of carbonyl (C=O) groups excluding carboxylic acids is 1. The molecule has 1 fully saturated rings. The maximum absolute atomic E-state index is 11.5. The molecule has 0 bridgehead atoms. The quantitative estimate of drug-likeness (QED) is 0.775. The van der Waals surface area contributed by atoms with Gasteiger partial charge in [-0.15, -0.1) is 0 Å². The number of nitrogens with zero attached hydrogens (tertiary/aromatic N) is 2. The lowest BCUT2D eigenvalue weighted by Gasteiger charge is -2.35. The van der Waals surface area contributed by atoms with Crippen molar-refractivity contribution in [3.05, 3.63) is 12.0 Å². The minimum atomic E-state index is -0.453. The Hall–Kier alpha value is -1.56. The minimum Gasteiger partial charge on any atom is -0.461 e. The number of rotatable bonds is 4. The monoisotopic (exact) mass is 268 g/mol. The molecule has 0 radical (unpaired) electrons. The molecule has 19 heavy (non-hydrogen) atoms. The third-order valence-electron chi connectivity index (χ3n) is 3.44. The molecule has 6 nitrogen and oxygen atoms in total. The highest BCUT2D eigenvalue weighted by atomic mass is 16.5. The molecule has 2 heterocycles. The molecule has 1 aromatic heterocycles. The Morgan fingerprint density at radius 1 is 1.63 bits per heavy atom. The molecule has 2 atom stereocenters. The van der Waals surface area contributed by atoms with Crippen molar-refractivity contribution >= 4 is 12.0 Å². The number of anilines is 1. The molecule has 1 saturated heterocycles. The number of esters is 1. The van der Waals surface area contributed by atoms with Gasteiger partial charge in [-0.05, 0) is 19.3 Å². The van der Waals surface area contributed by atoms with E-state index < -0.39 is 5.97 Å². The second-order valence-electron chi connectivity index (χ2n) is 4.72. The first-order valence-corrected chi connectivity index (χ1v) is 6.56. The first-order chi connectivity index (χ1) is 9.15. The number of hydrogen-bond donors (Lipinski definition) is 0. The fourth-order valence-electron chi connectivity index (χ4n) is 2.22. The molecule has 0 amide bonds. The molecule has 106 valence electrons. The van der Waals surface area contributed by atoms with E-state index in [1.54, 1.807) is 14.0 Å². The summed E-state index contributed by atoms with van der Waals surface area (Å²) in [6.07, 6.45) is 2.51. The van der Waals surface area contributed by atoms with Gasteiger partial charge >= 0.3 is 5.97 Å². The Kier molecular flexibility index (Phi) is 4.42. The third-order valence-corrected chi connectivity index (χ3v) is 3.44. The number of oxazole rings is 1. The van der Waals surface area contributed by atoms with Crippen LogP contribution in [-0.4, -0.2) is 43.9 Å². The van der Waals surface area contributed by atoms with Crippen LogP contribution in [0.4, 0.5) is 6.01 Å². The van der Waals surface area contributed by atoms with E-state index in [-0.39, 0.29) is 11.8 Å². The van der Waals surface area contributed by atoms with Crippen LogP contribution in [0.3, 0.4) is 0 Å². The van der Waals surface area contributed by atoms with Crippen LogP contribution in [-0.2, 0) is 9.47 Å². The van der Waals surface area contributed by atoms with Crippen molar-refractivity contribution in [2.45, 2.75) is 26.4 Å². The molecule has 0 aliphatic carbocycles. The van der Waals surface area contributed by atoms with E-state index in [1.165, 1.54) is 6.26 Å². The lowest BCUT2D eigenvalue weighted by Crippen LogP contribution is -2.44. The van der Waals surface area contributed by atoms with Crippen LogP contribution < -0.4 is 4.90 Å². The smallest absolute Gasteiger partial charge is 0.360 e. The van der Waals surface area contributed by atoms with Crippen molar-refractivity contribution in [2.75, 3.05) is 31.7 Å².